The molecule has 1 aliphatic heterocycles. The molecule has 6 heteroatoms. The normalized spacial score (nSPS) is 13.0. The molecule has 2 aromatic rings. The average Bonchev–Trinajstić information content (AvgIpc) is 2.47. The average molecular weight is 320 g/mol. The highest BCUT2D eigenvalue weighted by atomic mass is 35.5. The Morgan fingerprint density at radius 1 is 1.29 bits per heavy atom. The van der Waals surface area contributed by atoms with Gasteiger partial charge in [-0.3, -0.25) is 4.72 Å². The minimum atomic E-state index is 0.630. The summed E-state index contributed by atoms with van der Waals surface area (Å²) in [4.78, 5) is 5.51. The van der Waals surface area contributed by atoms with Gasteiger partial charge in [0, 0.05) is 16.8 Å². The third-order valence-corrected chi connectivity index (χ3v) is 4.03. The molecule has 0 aliphatic carbocycles. The SMILES string of the molecule is COc1cc(Cl)cc2c1N=C(Nc1cccc(C)c1)NS2. The van der Waals surface area contributed by atoms with Crippen LogP contribution in [0.1, 0.15) is 5.56 Å². The molecule has 0 unspecified atom stereocenters. The number of aliphatic imine (C=N–C) groups is 1. The maximum Gasteiger partial charge on any atom is 0.211 e. The Bertz CT molecular complexity index is 718. The van der Waals surface area contributed by atoms with Gasteiger partial charge < -0.3 is 10.1 Å². The van der Waals surface area contributed by atoms with Crippen molar-refractivity contribution >= 4 is 40.9 Å². The van der Waals surface area contributed by atoms with E-state index in [0.717, 1.165) is 16.3 Å². The Morgan fingerprint density at radius 2 is 2.14 bits per heavy atom. The van der Waals surface area contributed by atoms with Crippen molar-refractivity contribution in [2.24, 2.45) is 4.99 Å². The van der Waals surface area contributed by atoms with Gasteiger partial charge in [0.25, 0.3) is 0 Å². The van der Waals surface area contributed by atoms with Gasteiger partial charge in [0.1, 0.15) is 11.4 Å². The third kappa shape index (κ3) is 3.09. The van der Waals surface area contributed by atoms with Gasteiger partial charge in [-0.2, -0.15) is 0 Å². The zero-order chi connectivity index (χ0) is 14.8. The van der Waals surface area contributed by atoms with Crippen molar-refractivity contribution in [1.29, 1.82) is 0 Å². The van der Waals surface area contributed by atoms with E-state index in [1.165, 1.54) is 17.5 Å². The van der Waals surface area contributed by atoms with Gasteiger partial charge in [0.2, 0.25) is 5.96 Å². The summed E-state index contributed by atoms with van der Waals surface area (Å²) >= 11 is 7.52. The summed E-state index contributed by atoms with van der Waals surface area (Å²) in [5.74, 6) is 1.33. The van der Waals surface area contributed by atoms with Gasteiger partial charge in [-0.25, -0.2) is 4.99 Å². The number of ether oxygens (including phenoxy) is 1. The predicted molar refractivity (Wildman–Crippen MR) is 88.9 cm³/mol. The molecule has 4 nitrogen and oxygen atoms in total. The largest absolute Gasteiger partial charge is 0.494 e. The van der Waals surface area contributed by atoms with Crippen LogP contribution in [0.3, 0.4) is 0 Å². The number of guanidine groups is 1. The van der Waals surface area contributed by atoms with E-state index in [2.05, 4.69) is 34.1 Å². The molecule has 3 rings (SSSR count). The molecule has 0 radical (unpaired) electrons. The topological polar surface area (TPSA) is 45.6 Å². The molecular weight excluding hydrogens is 306 g/mol. The van der Waals surface area contributed by atoms with Crippen LogP contribution < -0.4 is 14.8 Å². The van der Waals surface area contributed by atoms with Crippen LogP contribution in [-0.2, 0) is 0 Å². The van der Waals surface area contributed by atoms with Crippen molar-refractivity contribution in [3.8, 4) is 5.75 Å². The monoisotopic (exact) mass is 319 g/mol. The summed E-state index contributed by atoms with van der Waals surface area (Å²) in [5.41, 5.74) is 2.95. The third-order valence-electron chi connectivity index (χ3n) is 2.99. The van der Waals surface area contributed by atoms with E-state index in [-0.39, 0.29) is 0 Å². The number of anilines is 1. The number of fused-ring (bicyclic) bond motifs is 1. The molecule has 0 aromatic heterocycles. The molecule has 1 heterocycles. The number of methoxy groups -OCH3 is 1. The molecular formula is C15H14ClN3OS. The molecule has 2 aromatic carbocycles. The quantitative estimate of drug-likeness (QED) is 0.807. The van der Waals surface area contributed by atoms with Gasteiger partial charge in [-0.15, -0.1) is 0 Å². The smallest absolute Gasteiger partial charge is 0.211 e. The van der Waals surface area contributed by atoms with Crippen LogP contribution in [0.5, 0.6) is 5.75 Å². The van der Waals surface area contributed by atoms with Crippen molar-refractivity contribution < 1.29 is 4.74 Å². The first-order chi connectivity index (χ1) is 10.2. The number of hydrogen-bond acceptors (Lipinski definition) is 5. The first-order valence-electron chi connectivity index (χ1n) is 6.38. The summed E-state index contributed by atoms with van der Waals surface area (Å²) in [6.07, 6.45) is 0. The van der Waals surface area contributed by atoms with E-state index in [9.17, 15) is 0 Å². The van der Waals surface area contributed by atoms with Crippen LogP contribution in [0.25, 0.3) is 0 Å². The summed E-state index contributed by atoms with van der Waals surface area (Å²) in [6.45, 7) is 2.05. The second-order valence-corrected chi connectivity index (χ2v) is 5.90. The minimum Gasteiger partial charge on any atom is -0.494 e. The van der Waals surface area contributed by atoms with Crippen molar-refractivity contribution in [3.63, 3.8) is 0 Å². The predicted octanol–water partition coefficient (Wildman–Crippen LogP) is 4.37. The summed E-state index contributed by atoms with van der Waals surface area (Å²) < 4.78 is 8.51. The van der Waals surface area contributed by atoms with Gasteiger partial charge in [-0.05, 0) is 42.6 Å². The maximum absolute atomic E-state index is 6.06. The van der Waals surface area contributed by atoms with Crippen molar-refractivity contribution in [1.82, 2.24) is 4.72 Å². The minimum absolute atomic E-state index is 0.630. The highest BCUT2D eigenvalue weighted by Crippen LogP contribution is 2.41. The molecule has 0 atom stereocenters. The number of rotatable bonds is 2. The van der Waals surface area contributed by atoms with Gasteiger partial charge in [0.15, 0.2) is 0 Å². The fourth-order valence-corrected chi connectivity index (χ4v) is 3.05. The number of benzene rings is 2. The van der Waals surface area contributed by atoms with Gasteiger partial charge >= 0.3 is 0 Å². The zero-order valence-electron chi connectivity index (χ0n) is 11.6. The van der Waals surface area contributed by atoms with Crippen LogP contribution >= 0.6 is 23.5 Å². The Kier molecular flexibility index (Phi) is 3.94. The lowest BCUT2D eigenvalue weighted by Gasteiger charge is -2.19. The van der Waals surface area contributed by atoms with Crippen LogP contribution in [0.4, 0.5) is 11.4 Å². The van der Waals surface area contributed by atoms with E-state index in [0.29, 0.717) is 16.7 Å². The maximum atomic E-state index is 6.06. The molecule has 0 saturated heterocycles. The Balaban J connectivity index is 1.93. The second kappa shape index (κ2) is 5.87. The molecule has 108 valence electrons. The Morgan fingerprint density at radius 3 is 2.90 bits per heavy atom. The molecule has 0 fully saturated rings. The fourth-order valence-electron chi connectivity index (χ4n) is 2.04. The van der Waals surface area contributed by atoms with Crippen molar-refractivity contribution in [2.45, 2.75) is 11.8 Å². The number of aryl methyl sites for hydroxylation is 1. The molecule has 0 saturated carbocycles. The molecule has 1 aliphatic rings. The number of hydrogen-bond donors (Lipinski definition) is 2. The summed E-state index contributed by atoms with van der Waals surface area (Å²) in [5, 5.41) is 3.89. The lowest BCUT2D eigenvalue weighted by atomic mass is 10.2. The van der Waals surface area contributed by atoms with Crippen molar-refractivity contribution in [2.75, 3.05) is 12.4 Å². The number of nitrogens with zero attached hydrogens (tertiary/aromatic N) is 1. The lowest BCUT2D eigenvalue weighted by Crippen LogP contribution is -2.26. The van der Waals surface area contributed by atoms with Crippen LogP contribution in [0.15, 0.2) is 46.3 Å². The molecule has 0 amide bonds. The second-order valence-electron chi connectivity index (χ2n) is 4.61. The highest BCUT2D eigenvalue weighted by molar-refractivity contribution is 7.98. The van der Waals surface area contributed by atoms with E-state index in [1.54, 1.807) is 13.2 Å². The molecule has 0 bridgehead atoms. The van der Waals surface area contributed by atoms with Gasteiger partial charge in [-0.1, -0.05) is 23.7 Å². The standard InChI is InChI=1S/C15H14ClN3OS/c1-9-4-3-5-11(6-9)17-15-18-14-12(20-2)7-10(16)8-13(14)21-19-15/h3-8H,1-2H3,(H2,17,18,19). The number of nitrogens with one attached hydrogen (secondary N) is 2. The first-order valence-corrected chi connectivity index (χ1v) is 7.58. The molecule has 21 heavy (non-hydrogen) atoms. The summed E-state index contributed by atoms with van der Waals surface area (Å²) in [7, 11) is 1.61. The van der Waals surface area contributed by atoms with Gasteiger partial charge in [0.05, 0.1) is 12.0 Å². The highest BCUT2D eigenvalue weighted by Gasteiger charge is 2.17. The number of halogens is 1. The summed E-state index contributed by atoms with van der Waals surface area (Å²) in [6, 6.07) is 11.7. The van der Waals surface area contributed by atoms with Crippen LogP contribution in [0, 0.1) is 6.92 Å². The fraction of sp³-hybridized carbons (Fsp3) is 0.133. The zero-order valence-corrected chi connectivity index (χ0v) is 13.2. The first kappa shape index (κ1) is 14.1. The Hall–Kier alpha value is -1.85. The Labute approximate surface area is 132 Å². The van der Waals surface area contributed by atoms with E-state index >= 15 is 0 Å². The van der Waals surface area contributed by atoms with Crippen LogP contribution in [0.2, 0.25) is 5.02 Å². The van der Waals surface area contributed by atoms with E-state index in [4.69, 9.17) is 16.3 Å². The van der Waals surface area contributed by atoms with Crippen molar-refractivity contribution in [3.05, 3.63) is 47.0 Å². The molecule has 0 spiro atoms. The van der Waals surface area contributed by atoms with E-state index < -0.39 is 0 Å². The molecule has 2 N–H and O–H groups in total. The van der Waals surface area contributed by atoms with Crippen LogP contribution in [-0.4, -0.2) is 13.1 Å². The van der Waals surface area contributed by atoms with E-state index in [1.807, 2.05) is 18.2 Å². The lowest BCUT2D eigenvalue weighted by molar-refractivity contribution is 0.415.